The molecule has 4 aromatic rings. The number of hydrogen-bond acceptors (Lipinski definition) is 7. The average molecular weight is 423 g/mol. The number of carbonyl (C=O) groups is 1. The third-order valence-corrected chi connectivity index (χ3v) is 5.40. The normalized spacial score (nSPS) is 11.3. The monoisotopic (exact) mass is 423 g/mol. The number of amides is 1. The van der Waals surface area contributed by atoms with Gasteiger partial charge in [0.05, 0.1) is 17.4 Å². The van der Waals surface area contributed by atoms with Gasteiger partial charge in [-0.3, -0.25) is 9.59 Å². The number of nitrogens with zero attached hydrogens (tertiary/aromatic N) is 4. The van der Waals surface area contributed by atoms with E-state index in [1.54, 1.807) is 34.4 Å². The number of benzene rings is 1. The highest BCUT2D eigenvalue weighted by atomic mass is 32.1. The molecule has 4 rings (SSSR count). The minimum atomic E-state index is -0.210. The molecule has 0 bridgehead atoms. The second-order valence-electron chi connectivity index (χ2n) is 7.16. The fourth-order valence-corrected chi connectivity index (χ4v) is 3.77. The van der Waals surface area contributed by atoms with Gasteiger partial charge >= 0.3 is 0 Å². The highest BCUT2D eigenvalue weighted by Gasteiger charge is 2.20. The second-order valence-corrected chi connectivity index (χ2v) is 7.94. The highest BCUT2D eigenvalue weighted by molar-refractivity contribution is 7.08. The van der Waals surface area contributed by atoms with Crippen molar-refractivity contribution in [3.05, 3.63) is 63.2 Å². The summed E-state index contributed by atoms with van der Waals surface area (Å²) in [4.78, 5) is 34.1. The van der Waals surface area contributed by atoms with Gasteiger partial charge in [0, 0.05) is 29.8 Å². The third kappa shape index (κ3) is 4.30. The predicted octanol–water partition coefficient (Wildman–Crippen LogP) is 3.40. The van der Waals surface area contributed by atoms with Crippen molar-refractivity contribution in [1.29, 1.82) is 0 Å². The van der Waals surface area contributed by atoms with Gasteiger partial charge in [-0.2, -0.15) is 11.3 Å². The molecule has 8 nitrogen and oxygen atoms in total. The van der Waals surface area contributed by atoms with Crippen molar-refractivity contribution in [3.63, 3.8) is 0 Å². The molecule has 0 aliphatic rings. The summed E-state index contributed by atoms with van der Waals surface area (Å²) >= 11 is 1.55. The van der Waals surface area contributed by atoms with E-state index in [0.717, 1.165) is 5.56 Å². The summed E-state index contributed by atoms with van der Waals surface area (Å²) in [6.07, 6.45) is 0.572. The number of aryl methyl sites for hydroxylation is 1. The Morgan fingerprint density at radius 3 is 2.83 bits per heavy atom. The lowest BCUT2D eigenvalue weighted by Crippen LogP contribution is -2.37. The Kier molecular flexibility index (Phi) is 5.71. The van der Waals surface area contributed by atoms with Crippen molar-refractivity contribution in [2.75, 3.05) is 0 Å². The smallest absolute Gasteiger partial charge is 0.258 e. The Bertz CT molecular complexity index is 1210. The molecule has 1 aromatic carbocycles. The molecule has 3 aromatic heterocycles. The van der Waals surface area contributed by atoms with E-state index >= 15 is 0 Å². The molecule has 0 atom stereocenters. The molecule has 30 heavy (non-hydrogen) atoms. The van der Waals surface area contributed by atoms with Gasteiger partial charge in [0.2, 0.25) is 17.7 Å². The van der Waals surface area contributed by atoms with E-state index in [9.17, 15) is 9.59 Å². The van der Waals surface area contributed by atoms with Crippen LogP contribution in [0.15, 0.2) is 50.3 Å². The number of fused-ring (bicyclic) bond motifs is 1. The Labute approximate surface area is 176 Å². The van der Waals surface area contributed by atoms with Crippen molar-refractivity contribution in [1.82, 2.24) is 25.1 Å². The Balaban J connectivity index is 1.45. The number of aromatic nitrogens is 4. The minimum absolute atomic E-state index is 0.0571. The maximum Gasteiger partial charge on any atom is 0.258 e. The zero-order chi connectivity index (χ0) is 21.1. The standard InChI is InChI=1S/C21H21N5O3S/c1-13(2)26(11-17-22-16-6-4-3-5-15(16)20(28)23-17)19(27)8-7-18-24-25-21(29-18)14-9-10-30-12-14/h3-6,9-10,12-13H,7-8,11H2,1-2H3,(H,22,23,28). The number of aromatic amines is 1. The molecule has 1 amide bonds. The van der Waals surface area contributed by atoms with Gasteiger partial charge in [-0.1, -0.05) is 12.1 Å². The van der Waals surface area contributed by atoms with Gasteiger partial charge in [0.25, 0.3) is 5.56 Å². The number of H-pyrrole nitrogens is 1. The van der Waals surface area contributed by atoms with Gasteiger partial charge in [0.1, 0.15) is 5.82 Å². The molecule has 0 radical (unpaired) electrons. The minimum Gasteiger partial charge on any atom is -0.421 e. The van der Waals surface area contributed by atoms with Crippen molar-refractivity contribution in [3.8, 4) is 11.5 Å². The highest BCUT2D eigenvalue weighted by Crippen LogP contribution is 2.21. The zero-order valence-corrected chi connectivity index (χ0v) is 17.5. The quantitative estimate of drug-likeness (QED) is 0.488. The van der Waals surface area contributed by atoms with Crippen LogP contribution in [0.25, 0.3) is 22.4 Å². The van der Waals surface area contributed by atoms with E-state index in [0.29, 0.717) is 34.9 Å². The molecule has 0 saturated heterocycles. The largest absolute Gasteiger partial charge is 0.421 e. The van der Waals surface area contributed by atoms with Crippen LogP contribution in [0, 0.1) is 0 Å². The summed E-state index contributed by atoms with van der Waals surface area (Å²) in [5, 5.41) is 12.5. The van der Waals surface area contributed by atoms with Gasteiger partial charge in [-0.25, -0.2) is 4.98 Å². The lowest BCUT2D eigenvalue weighted by molar-refractivity contribution is -0.133. The van der Waals surface area contributed by atoms with Crippen molar-refractivity contribution in [2.24, 2.45) is 0 Å². The number of hydrogen-bond donors (Lipinski definition) is 1. The summed E-state index contributed by atoms with van der Waals surface area (Å²) in [6.45, 7) is 4.08. The van der Waals surface area contributed by atoms with E-state index in [1.165, 1.54) is 0 Å². The molecule has 0 aliphatic carbocycles. The molecule has 154 valence electrons. The van der Waals surface area contributed by atoms with Crippen LogP contribution in [0.4, 0.5) is 0 Å². The second kappa shape index (κ2) is 8.58. The number of thiophene rings is 1. The predicted molar refractivity (Wildman–Crippen MR) is 114 cm³/mol. The summed E-state index contributed by atoms with van der Waals surface area (Å²) in [6, 6.07) is 8.99. The molecular weight excluding hydrogens is 402 g/mol. The maximum absolute atomic E-state index is 12.9. The van der Waals surface area contributed by atoms with Gasteiger partial charge in [-0.15, -0.1) is 10.2 Å². The number of carbonyl (C=O) groups excluding carboxylic acids is 1. The van der Waals surface area contributed by atoms with E-state index in [-0.39, 0.29) is 30.5 Å². The third-order valence-electron chi connectivity index (χ3n) is 4.71. The molecule has 0 aliphatic heterocycles. The van der Waals surface area contributed by atoms with Crippen LogP contribution >= 0.6 is 11.3 Å². The number of para-hydroxylation sites is 1. The molecule has 0 unspecified atom stereocenters. The van der Waals surface area contributed by atoms with Crippen LogP contribution in [0.5, 0.6) is 0 Å². The van der Waals surface area contributed by atoms with E-state index in [1.807, 2.05) is 36.7 Å². The van der Waals surface area contributed by atoms with Crippen molar-refractivity contribution >= 4 is 28.1 Å². The first kappa shape index (κ1) is 20.0. The van der Waals surface area contributed by atoms with Crippen LogP contribution in [-0.2, 0) is 17.8 Å². The SMILES string of the molecule is CC(C)N(Cc1nc2ccccc2c(=O)[nH]1)C(=O)CCc1nnc(-c2ccsc2)o1. The van der Waals surface area contributed by atoms with Gasteiger partial charge in [0.15, 0.2) is 0 Å². The molecular formula is C21H21N5O3S. The molecule has 0 saturated carbocycles. The Morgan fingerprint density at radius 2 is 2.07 bits per heavy atom. The average Bonchev–Trinajstić information content (AvgIpc) is 3.42. The van der Waals surface area contributed by atoms with Gasteiger partial charge in [-0.05, 0) is 37.4 Å². The molecule has 3 heterocycles. The van der Waals surface area contributed by atoms with Crippen LogP contribution in [0.2, 0.25) is 0 Å². The molecule has 0 fully saturated rings. The first-order chi connectivity index (χ1) is 14.5. The Morgan fingerprint density at radius 1 is 1.23 bits per heavy atom. The van der Waals surface area contributed by atoms with E-state index in [4.69, 9.17) is 4.42 Å². The van der Waals surface area contributed by atoms with Crippen LogP contribution in [0.3, 0.4) is 0 Å². The van der Waals surface area contributed by atoms with Crippen LogP contribution in [0.1, 0.15) is 32.0 Å². The summed E-state index contributed by atoms with van der Waals surface area (Å²) in [5.41, 5.74) is 1.28. The van der Waals surface area contributed by atoms with Crippen LogP contribution in [-0.4, -0.2) is 37.0 Å². The summed E-state index contributed by atoms with van der Waals surface area (Å²) in [7, 11) is 0. The topological polar surface area (TPSA) is 105 Å². The lowest BCUT2D eigenvalue weighted by atomic mass is 10.2. The lowest BCUT2D eigenvalue weighted by Gasteiger charge is -2.26. The number of rotatable bonds is 7. The number of nitrogens with one attached hydrogen (secondary N) is 1. The zero-order valence-electron chi connectivity index (χ0n) is 16.7. The fraction of sp³-hybridized carbons (Fsp3) is 0.286. The Hall–Kier alpha value is -3.33. The molecule has 0 spiro atoms. The van der Waals surface area contributed by atoms with Crippen molar-refractivity contribution < 1.29 is 9.21 Å². The van der Waals surface area contributed by atoms with E-state index < -0.39 is 0 Å². The molecule has 9 heteroatoms. The first-order valence-corrected chi connectivity index (χ1v) is 10.6. The fourth-order valence-electron chi connectivity index (χ4n) is 3.14. The van der Waals surface area contributed by atoms with E-state index in [2.05, 4.69) is 20.2 Å². The summed E-state index contributed by atoms with van der Waals surface area (Å²) in [5.74, 6) is 1.26. The van der Waals surface area contributed by atoms with Crippen LogP contribution < -0.4 is 5.56 Å². The van der Waals surface area contributed by atoms with Crippen molar-refractivity contribution in [2.45, 2.75) is 39.3 Å². The molecule has 1 N–H and O–H groups in total. The maximum atomic E-state index is 12.9. The first-order valence-electron chi connectivity index (χ1n) is 9.63. The summed E-state index contributed by atoms with van der Waals surface area (Å²) < 4.78 is 5.65. The van der Waals surface area contributed by atoms with Gasteiger partial charge < -0.3 is 14.3 Å².